The predicted molar refractivity (Wildman–Crippen MR) is 123 cm³/mol. The average molecular weight is 496 g/mol. The van der Waals surface area contributed by atoms with Crippen LogP contribution in [-0.4, -0.2) is 59.0 Å². The highest BCUT2D eigenvalue weighted by molar-refractivity contribution is 6.40. The number of anilines is 1. The quantitative estimate of drug-likeness (QED) is 0.527. The number of esters is 1. The molecule has 1 unspecified atom stereocenters. The molecule has 2 heterocycles. The van der Waals surface area contributed by atoms with E-state index in [2.05, 4.69) is 20.6 Å². The van der Waals surface area contributed by atoms with Gasteiger partial charge in [0.15, 0.2) is 0 Å². The maximum atomic E-state index is 12.8. The Bertz CT molecular complexity index is 1080. The van der Waals surface area contributed by atoms with Gasteiger partial charge in [0.25, 0.3) is 5.91 Å². The smallest absolute Gasteiger partial charge is 0.346 e. The molecule has 2 aromatic rings. The number of halogens is 2. The molecule has 12 heteroatoms. The van der Waals surface area contributed by atoms with E-state index in [0.29, 0.717) is 18.7 Å². The molecule has 0 saturated carbocycles. The van der Waals surface area contributed by atoms with E-state index >= 15 is 0 Å². The van der Waals surface area contributed by atoms with Crippen LogP contribution in [-0.2, 0) is 16.0 Å². The summed E-state index contributed by atoms with van der Waals surface area (Å²) in [5, 5.41) is 5.47. The molecule has 1 aliphatic heterocycles. The number of rotatable bonds is 6. The lowest BCUT2D eigenvalue weighted by Crippen LogP contribution is -2.50. The van der Waals surface area contributed by atoms with E-state index in [1.54, 1.807) is 11.0 Å². The third-order valence-corrected chi connectivity index (χ3v) is 5.80. The number of urea groups is 1. The van der Waals surface area contributed by atoms with Gasteiger partial charge in [-0.2, -0.15) is 0 Å². The number of amides is 3. The molecule has 3 N–H and O–H groups in total. The van der Waals surface area contributed by atoms with E-state index in [9.17, 15) is 19.2 Å². The minimum atomic E-state index is -1.07. The second-order valence-corrected chi connectivity index (χ2v) is 8.23. The van der Waals surface area contributed by atoms with Crippen LogP contribution in [0.5, 0.6) is 0 Å². The van der Waals surface area contributed by atoms with Gasteiger partial charge in [-0.05, 0) is 31.4 Å². The normalized spacial score (nSPS) is 14.3. The van der Waals surface area contributed by atoms with Crippen molar-refractivity contribution in [2.45, 2.75) is 31.7 Å². The number of nitrogens with one attached hydrogen (secondary N) is 3. The Balaban J connectivity index is 1.83. The molecule has 3 rings (SSSR count). The zero-order chi connectivity index (χ0) is 24.0. The Hall–Kier alpha value is -3.11. The van der Waals surface area contributed by atoms with Gasteiger partial charge in [0.1, 0.15) is 11.9 Å². The van der Waals surface area contributed by atoms with Crippen LogP contribution in [0.1, 0.15) is 35.2 Å². The summed E-state index contributed by atoms with van der Waals surface area (Å²) < 4.78 is 4.83. The van der Waals surface area contributed by atoms with Gasteiger partial charge in [-0.1, -0.05) is 29.3 Å². The molecular formula is C21H23Cl2N5O5. The highest BCUT2D eigenvalue weighted by Crippen LogP contribution is 2.25. The molecule has 176 valence electrons. The highest BCUT2D eigenvalue weighted by atomic mass is 35.5. The third-order valence-electron chi connectivity index (χ3n) is 5.17. The second-order valence-electron chi connectivity index (χ2n) is 7.42. The molecular weight excluding hydrogens is 473 g/mol. The lowest BCUT2D eigenvalue weighted by Gasteiger charge is -2.28. The molecule has 33 heavy (non-hydrogen) atoms. The Labute approximate surface area is 199 Å². The number of piperidine rings is 1. The van der Waals surface area contributed by atoms with Crippen molar-refractivity contribution in [1.82, 2.24) is 20.2 Å². The lowest BCUT2D eigenvalue weighted by atomic mass is 10.1. The van der Waals surface area contributed by atoms with Gasteiger partial charge in [0, 0.05) is 31.3 Å². The Kier molecular flexibility index (Phi) is 8.29. The van der Waals surface area contributed by atoms with E-state index in [4.69, 9.17) is 27.9 Å². The van der Waals surface area contributed by atoms with Crippen molar-refractivity contribution in [3.05, 3.63) is 56.1 Å². The number of methoxy groups -OCH3 is 1. The maximum Gasteiger partial charge on any atom is 0.346 e. The molecule has 1 atom stereocenters. The van der Waals surface area contributed by atoms with Crippen molar-refractivity contribution >= 4 is 46.9 Å². The first-order valence-electron chi connectivity index (χ1n) is 10.3. The maximum absolute atomic E-state index is 12.8. The Morgan fingerprint density at radius 1 is 1.18 bits per heavy atom. The Morgan fingerprint density at radius 3 is 2.48 bits per heavy atom. The number of H-pyrrole nitrogens is 1. The van der Waals surface area contributed by atoms with Crippen LogP contribution >= 0.6 is 23.2 Å². The van der Waals surface area contributed by atoms with Gasteiger partial charge in [-0.3, -0.25) is 9.78 Å². The number of carbonyl (C=O) groups excluding carboxylic acids is 3. The van der Waals surface area contributed by atoms with Gasteiger partial charge < -0.3 is 20.3 Å². The molecule has 0 bridgehead atoms. The summed E-state index contributed by atoms with van der Waals surface area (Å²) >= 11 is 12.2. The number of ether oxygens (including phenoxy) is 1. The summed E-state index contributed by atoms with van der Waals surface area (Å²) in [6.45, 7) is 1.19. The van der Waals surface area contributed by atoms with Crippen molar-refractivity contribution in [3.63, 3.8) is 0 Å². The van der Waals surface area contributed by atoms with Crippen LogP contribution in [0.3, 0.4) is 0 Å². The number of nitrogens with zero attached hydrogens (tertiary/aromatic N) is 2. The van der Waals surface area contributed by atoms with Gasteiger partial charge in [-0.25, -0.2) is 19.4 Å². The van der Waals surface area contributed by atoms with E-state index in [0.717, 1.165) is 19.3 Å². The molecule has 1 saturated heterocycles. The van der Waals surface area contributed by atoms with Crippen LogP contribution in [0.15, 0.2) is 29.2 Å². The van der Waals surface area contributed by atoms with Crippen molar-refractivity contribution in [2.75, 3.05) is 25.5 Å². The topological polar surface area (TPSA) is 133 Å². The van der Waals surface area contributed by atoms with Crippen LogP contribution in [0, 0.1) is 0 Å². The van der Waals surface area contributed by atoms with E-state index < -0.39 is 29.6 Å². The van der Waals surface area contributed by atoms with Crippen LogP contribution in [0.2, 0.25) is 10.0 Å². The Morgan fingerprint density at radius 2 is 1.85 bits per heavy atom. The summed E-state index contributed by atoms with van der Waals surface area (Å²) in [6.07, 6.45) is 3.95. The first-order valence-corrected chi connectivity index (χ1v) is 11.0. The van der Waals surface area contributed by atoms with Crippen molar-refractivity contribution < 1.29 is 19.1 Å². The van der Waals surface area contributed by atoms with Gasteiger partial charge in [0.05, 0.1) is 22.7 Å². The molecule has 1 aliphatic rings. The van der Waals surface area contributed by atoms with Crippen LogP contribution in [0.4, 0.5) is 10.6 Å². The molecule has 0 aliphatic carbocycles. The first-order chi connectivity index (χ1) is 15.8. The summed E-state index contributed by atoms with van der Waals surface area (Å²) in [7, 11) is 1.20. The van der Waals surface area contributed by atoms with Crippen molar-refractivity contribution in [3.8, 4) is 0 Å². The number of hydrogen-bond acceptors (Lipinski definition) is 6. The standard InChI is InChI=1S/C21H23Cl2N5O5/c1-33-19(30)15(25-21(32)28-8-3-2-4-9-28)10-12-11-24-20(31)27-17(12)26-18(29)16-13(22)6-5-7-14(16)23/h5-7,11,15H,2-4,8-10H2,1H3,(H,25,32)(H2,24,26,27,29,31). The zero-order valence-electron chi connectivity index (χ0n) is 17.8. The monoisotopic (exact) mass is 495 g/mol. The fourth-order valence-corrected chi connectivity index (χ4v) is 4.04. The second kappa shape index (κ2) is 11.2. The zero-order valence-corrected chi connectivity index (χ0v) is 19.3. The highest BCUT2D eigenvalue weighted by Gasteiger charge is 2.27. The van der Waals surface area contributed by atoms with Crippen LogP contribution in [0.25, 0.3) is 0 Å². The lowest BCUT2D eigenvalue weighted by molar-refractivity contribution is -0.142. The summed E-state index contributed by atoms with van der Waals surface area (Å²) in [4.78, 5) is 57.3. The summed E-state index contributed by atoms with van der Waals surface area (Å²) in [5.74, 6) is -1.35. The number of aromatic amines is 1. The first kappa shape index (κ1) is 24.5. The van der Waals surface area contributed by atoms with E-state index in [1.807, 2.05) is 0 Å². The molecule has 1 aromatic heterocycles. The fourth-order valence-electron chi connectivity index (χ4n) is 3.47. The predicted octanol–water partition coefficient (Wildman–Crippen LogP) is 2.61. The molecule has 10 nitrogen and oxygen atoms in total. The third kappa shape index (κ3) is 6.23. The van der Waals surface area contributed by atoms with Crippen molar-refractivity contribution in [1.29, 1.82) is 0 Å². The molecule has 1 aromatic carbocycles. The molecule has 1 fully saturated rings. The SMILES string of the molecule is COC(=O)C(Cc1cnc(=O)[nH]c1NC(=O)c1c(Cl)cccc1Cl)NC(=O)N1CCCCC1. The average Bonchev–Trinajstić information content (AvgIpc) is 2.80. The number of hydrogen-bond donors (Lipinski definition) is 3. The van der Waals surface area contributed by atoms with Gasteiger partial charge in [0.2, 0.25) is 0 Å². The minimum absolute atomic E-state index is 0.00268. The number of likely N-dealkylation sites (tertiary alicyclic amines) is 1. The number of benzene rings is 1. The molecule has 0 radical (unpaired) electrons. The summed E-state index contributed by atoms with van der Waals surface area (Å²) in [5.41, 5.74) is -0.404. The fraction of sp³-hybridized carbons (Fsp3) is 0.381. The van der Waals surface area contributed by atoms with Gasteiger partial charge >= 0.3 is 17.7 Å². The number of carbonyl (C=O) groups is 3. The van der Waals surface area contributed by atoms with E-state index in [1.165, 1.54) is 25.4 Å². The summed E-state index contributed by atoms with van der Waals surface area (Å²) in [6, 6.07) is 3.13. The van der Waals surface area contributed by atoms with Crippen LogP contribution < -0.4 is 16.3 Å². The molecule has 0 spiro atoms. The molecule has 3 amide bonds. The number of aromatic nitrogens is 2. The van der Waals surface area contributed by atoms with E-state index in [-0.39, 0.29) is 27.8 Å². The minimum Gasteiger partial charge on any atom is -0.467 e. The van der Waals surface area contributed by atoms with Gasteiger partial charge in [-0.15, -0.1) is 0 Å². The largest absolute Gasteiger partial charge is 0.467 e. The van der Waals surface area contributed by atoms with Crippen molar-refractivity contribution in [2.24, 2.45) is 0 Å².